The van der Waals surface area contributed by atoms with E-state index in [1.807, 2.05) is 0 Å². The first-order chi connectivity index (χ1) is 4.29. The first kappa shape index (κ1) is 6.36. The predicted octanol–water partition coefficient (Wildman–Crippen LogP) is 2.79. The monoisotopic (exact) mass is 146 g/mol. The lowest BCUT2D eigenvalue weighted by atomic mass is 10.4. The smallest absolute Gasteiger partial charge is 0.192 e. The van der Waals surface area contributed by atoms with Crippen molar-refractivity contribution in [1.82, 2.24) is 0 Å². The maximum atomic E-state index is 11.8. The largest absolute Gasteiger partial charge is 0.465 e. The minimum absolute atomic E-state index is 0.419. The molecule has 1 rings (SSSR count). The zero-order valence-electron chi connectivity index (χ0n) is 4.47. The fraction of sp³-hybridized carbons (Fsp3) is 0. The van der Waals surface area contributed by atoms with Crippen LogP contribution in [0.2, 0.25) is 0 Å². The van der Waals surface area contributed by atoms with E-state index in [1.165, 1.54) is 6.26 Å². The molecule has 48 valence electrons. The zero-order chi connectivity index (χ0) is 6.69. The van der Waals surface area contributed by atoms with Crippen molar-refractivity contribution < 1.29 is 8.81 Å². The third kappa shape index (κ3) is 1.90. The van der Waals surface area contributed by atoms with Crippen LogP contribution in [0.3, 0.4) is 0 Å². The summed E-state index contributed by atoms with van der Waals surface area (Å²) in [5.41, 5.74) is 0. The van der Waals surface area contributed by atoms with Gasteiger partial charge >= 0.3 is 0 Å². The Morgan fingerprint density at radius 3 is 3.00 bits per heavy atom. The van der Waals surface area contributed by atoms with Gasteiger partial charge in [-0.2, -0.15) is 4.39 Å². The molecule has 0 aliphatic heterocycles. The van der Waals surface area contributed by atoms with E-state index in [1.54, 1.807) is 12.1 Å². The average Bonchev–Trinajstić information content (AvgIpc) is 2.15. The van der Waals surface area contributed by atoms with Crippen molar-refractivity contribution in [3.8, 4) is 0 Å². The Balaban J connectivity index is 2.80. The van der Waals surface area contributed by atoms with E-state index in [4.69, 9.17) is 16.0 Å². The minimum atomic E-state index is -0.773. The normalized spacial score (nSPS) is 12.0. The molecule has 0 aliphatic carbocycles. The van der Waals surface area contributed by atoms with E-state index in [2.05, 4.69) is 0 Å². The first-order valence-corrected chi connectivity index (χ1v) is 2.73. The molecular formula is C6H4ClFO. The molecule has 0 radical (unpaired) electrons. The summed E-state index contributed by atoms with van der Waals surface area (Å²) in [6.45, 7) is 0. The van der Waals surface area contributed by atoms with Crippen molar-refractivity contribution in [1.29, 1.82) is 0 Å². The van der Waals surface area contributed by atoms with Gasteiger partial charge in [-0.3, -0.25) is 0 Å². The molecule has 1 heterocycles. The number of hydrogen-bond donors (Lipinski definition) is 0. The van der Waals surface area contributed by atoms with Crippen molar-refractivity contribution in [2.45, 2.75) is 0 Å². The van der Waals surface area contributed by atoms with E-state index in [9.17, 15) is 4.39 Å². The van der Waals surface area contributed by atoms with Crippen LogP contribution in [0.25, 0.3) is 6.08 Å². The van der Waals surface area contributed by atoms with Gasteiger partial charge in [-0.25, -0.2) is 0 Å². The average molecular weight is 147 g/mol. The van der Waals surface area contributed by atoms with Gasteiger partial charge < -0.3 is 4.42 Å². The van der Waals surface area contributed by atoms with Crippen molar-refractivity contribution in [2.75, 3.05) is 0 Å². The SMILES string of the molecule is FC(Cl)=Cc1ccco1. The Labute approximate surface area is 56.7 Å². The summed E-state index contributed by atoms with van der Waals surface area (Å²) in [4.78, 5) is 0. The van der Waals surface area contributed by atoms with E-state index in [0.717, 1.165) is 6.08 Å². The van der Waals surface area contributed by atoms with Crippen LogP contribution in [0.15, 0.2) is 28.1 Å². The fourth-order valence-corrected chi connectivity index (χ4v) is 0.588. The van der Waals surface area contributed by atoms with Gasteiger partial charge in [0, 0.05) is 6.08 Å². The predicted molar refractivity (Wildman–Crippen MR) is 33.6 cm³/mol. The standard InChI is InChI=1S/C6H4ClFO/c7-6(8)4-5-2-1-3-9-5/h1-4H. The second-order valence-electron chi connectivity index (χ2n) is 1.45. The molecule has 9 heavy (non-hydrogen) atoms. The van der Waals surface area contributed by atoms with Crippen LogP contribution in [0, 0.1) is 0 Å². The Bertz CT molecular complexity index is 199. The maximum absolute atomic E-state index is 11.8. The third-order valence-corrected chi connectivity index (χ3v) is 0.904. The summed E-state index contributed by atoms with van der Waals surface area (Å²) in [6.07, 6.45) is 2.55. The highest BCUT2D eigenvalue weighted by atomic mass is 35.5. The lowest BCUT2D eigenvalue weighted by Crippen LogP contribution is -1.58. The lowest BCUT2D eigenvalue weighted by molar-refractivity contribution is 0.554. The molecule has 0 aromatic carbocycles. The van der Waals surface area contributed by atoms with Crippen LogP contribution in [0.4, 0.5) is 4.39 Å². The molecular weight excluding hydrogens is 143 g/mol. The molecule has 0 bridgehead atoms. The molecule has 0 saturated carbocycles. The quantitative estimate of drug-likeness (QED) is 0.594. The summed E-state index contributed by atoms with van der Waals surface area (Å²) in [5, 5.41) is -0.773. The number of halogens is 2. The Morgan fingerprint density at radius 2 is 2.56 bits per heavy atom. The van der Waals surface area contributed by atoms with Gasteiger partial charge in [-0.1, -0.05) is 11.6 Å². The summed E-state index contributed by atoms with van der Waals surface area (Å²) in [5.74, 6) is 0.419. The number of furan rings is 1. The van der Waals surface area contributed by atoms with Crippen LogP contribution in [0.5, 0.6) is 0 Å². The molecule has 1 aromatic rings. The van der Waals surface area contributed by atoms with Gasteiger partial charge in [-0.15, -0.1) is 0 Å². The molecule has 0 fully saturated rings. The Morgan fingerprint density at radius 1 is 1.78 bits per heavy atom. The van der Waals surface area contributed by atoms with Gasteiger partial charge in [0.05, 0.1) is 6.26 Å². The second kappa shape index (κ2) is 2.69. The maximum Gasteiger partial charge on any atom is 0.192 e. The molecule has 1 nitrogen and oxygen atoms in total. The van der Waals surface area contributed by atoms with Gasteiger partial charge in [0.15, 0.2) is 5.29 Å². The highest BCUT2D eigenvalue weighted by Gasteiger charge is 1.90. The van der Waals surface area contributed by atoms with E-state index in [-0.39, 0.29) is 0 Å². The molecule has 0 N–H and O–H groups in total. The van der Waals surface area contributed by atoms with Crippen molar-refractivity contribution in [3.63, 3.8) is 0 Å². The zero-order valence-corrected chi connectivity index (χ0v) is 5.23. The molecule has 0 spiro atoms. The third-order valence-electron chi connectivity index (χ3n) is 0.795. The van der Waals surface area contributed by atoms with E-state index in [0.29, 0.717) is 5.76 Å². The lowest BCUT2D eigenvalue weighted by Gasteiger charge is -1.79. The molecule has 1 aromatic heterocycles. The molecule has 0 aliphatic rings. The Hall–Kier alpha value is -0.760. The highest BCUT2D eigenvalue weighted by Crippen LogP contribution is 2.10. The molecule has 0 saturated heterocycles. The number of rotatable bonds is 1. The van der Waals surface area contributed by atoms with Gasteiger partial charge in [0.25, 0.3) is 0 Å². The summed E-state index contributed by atoms with van der Waals surface area (Å²) in [6, 6.07) is 3.27. The van der Waals surface area contributed by atoms with Crippen molar-refractivity contribution >= 4 is 17.7 Å². The van der Waals surface area contributed by atoms with Crippen molar-refractivity contribution in [3.05, 3.63) is 29.4 Å². The topological polar surface area (TPSA) is 13.1 Å². The summed E-state index contributed by atoms with van der Waals surface area (Å²) in [7, 11) is 0. The molecule has 0 amide bonds. The molecule has 0 unspecified atom stereocenters. The van der Waals surface area contributed by atoms with Crippen LogP contribution >= 0.6 is 11.6 Å². The molecule has 0 atom stereocenters. The fourth-order valence-electron chi connectivity index (χ4n) is 0.481. The molecule has 3 heteroatoms. The number of hydrogen-bond acceptors (Lipinski definition) is 1. The van der Waals surface area contributed by atoms with Crippen LogP contribution < -0.4 is 0 Å². The van der Waals surface area contributed by atoms with E-state index >= 15 is 0 Å². The van der Waals surface area contributed by atoms with E-state index < -0.39 is 5.29 Å². The summed E-state index contributed by atoms with van der Waals surface area (Å²) < 4.78 is 16.6. The van der Waals surface area contributed by atoms with Gasteiger partial charge in [0.1, 0.15) is 5.76 Å². The van der Waals surface area contributed by atoms with Crippen molar-refractivity contribution in [2.24, 2.45) is 0 Å². The van der Waals surface area contributed by atoms with Gasteiger partial charge in [0.2, 0.25) is 0 Å². The van der Waals surface area contributed by atoms with Crippen LogP contribution in [0.1, 0.15) is 5.76 Å². The Kier molecular flexibility index (Phi) is 1.90. The van der Waals surface area contributed by atoms with Gasteiger partial charge in [-0.05, 0) is 12.1 Å². The van der Waals surface area contributed by atoms with Crippen LogP contribution in [-0.2, 0) is 0 Å². The van der Waals surface area contributed by atoms with Crippen LogP contribution in [-0.4, -0.2) is 0 Å². The summed E-state index contributed by atoms with van der Waals surface area (Å²) >= 11 is 4.90. The first-order valence-electron chi connectivity index (χ1n) is 2.35. The highest BCUT2D eigenvalue weighted by molar-refractivity contribution is 6.29. The minimum Gasteiger partial charge on any atom is -0.465 e. The second-order valence-corrected chi connectivity index (χ2v) is 1.81.